The van der Waals surface area contributed by atoms with E-state index in [1.54, 1.807) is 23.3 Å². The minimum atomic E-state index is 0.138. The molecule has 1 amide bonds. The molecule has 0 N–H and O–H groups in total. The van der Waals surface area contributed by atoms with E-state index in [1.165, 1.54) is 4.88 Å². The van der Waals surface area contributed by atoms with Gasteiger partial charge in [-0.1, -0.05) is 25.1 Å². The minimum absolute atomic E-state index is 0.138. The molecule has 0 aliphatic rings. The maximum atomic E-state index is 12.4. The molecule has 2 aromatic rings. The Morgan fingerprint density at radius 1 is 1.17 bits per heavy atom. The number of rotatable bonds is 8. The normalized spacial score (nSPS) is 10.8. The standard InChI is InChI=1S/C18H24N2O2S/c1-4-20(13-17-6-5-11-23-17)14-18(21)19(2)12-15-7-9-16(22-3)10-8-15/h5-11H,4,12-14H2,1-3H3. The Bertz CT molecular complexity index is 596. The molecule has 4 nitrogen and oxygen atoms in total. The summed E-state index contributed by atoms with van der Waals surface area (Å²) in [5, 5.41) is 2.07. The number of thiophene rings is 1. The fraction of sp³-hybridized carbons (Fsp3) is 0.389. The second-order valence-electron chi connectivity index (χ2n) is 5.48. The smallest absolute Gasteiger partial charge is 0.236 e. The van der Waals surface area contributed by atoms with Crippen LogP contribution in [0.1, 0.15) is 17.4 Å². The third-order valence-electron chi connectivity index (χ3n) is 3.77. The van der Waals surface area contributed by atoms with E-state index in [9.17, 15) is 4.79 Å². The third-order valence-corrected chi connectivity index (χ3v) is 4.63. The van der Waals surface area contributed by atoms with Crippen molar-refractivity contribution < 1.29 is 9.53 Å². The number of carbonyl (C=O) groups excluding carboxylic acids is 1. The summed E-state index contributed by atoms with van der Waals surface area (Å²) in [5.74, 6) is 0.968. The molecule has 0 saturated heterocycles. The van der Waals surface area contributed by atoms with E-state index in [0.29, 0.717) is 13.1 Å². The molecule has 1 aromatic heterocycles. The van der Waals surface area contributed by atoms with Crippen LogP contribution in [-0.2, 0) is 17.9 Å². The molecular weight excluding hydrogens is 308 g/mol. The van der Waals surface area contributed by atoms with Crippen molar-refractivity contribution >= 4 is 17.2 Å². The summed E-state index contributed by atoms with van der Waals surface area (Å²) in [6.45, 7) is 4.83. The lowest BCUT2D eigenvalue weighted by Crippen LogP contribution is -2.37. The highest BCUT2D eigenvalue weighted by Gasteiger charge is 2.14. The zero-order valence-corrected chi connectivity index (χ0v) is 14.8. The second kappa shape index (κ2) is 8.70. The van der Waals surface area contributed by atoms with Gasteiger partial charge in [0.25, 0.3) is 0 Å². The van der Waals surface area contributed by atoms with Crippen LogP contribution in [0.25, 0.3) is 0 Å². The van der Waals surface area contributed by atoms with Crippen LogP contribution in [0.3, 0.4) is 0 Å². The van der Waals surface area contributed by atoms with Crippen molar-refractivity contribution in [2.75, 3.05) is 27.2 Å². The molecule has 0 aliphatic heterocycles. The van der Waals surface area contributed by atoms with Gasteiger partial charge in [-0.3, -0.25) is 9.69 Å². The molecule has 0 spiro atoms. The predicted molar refractivity (Wildman–Crippen MR) is 94.7 cm³/mol. The van der Waals surface area contributed by atoms with Gasteiger partial charge in [-0.2, -0.15) is 0 Å². The fourth-order valence-electron chi connectivity index (χ4n) is 2.31. The first-order valence-corrected chi connectivity index (χ1v) is 8.62. The zero-order chi connectivity index (χ0) is 16.7. The van der Waals surface area contributed by atoms with Crippen LogP contribution in [0, 0.1) is 0 Å². The molecule has 0 fully saturated rings. The van der Waals surface area contributed by atoms with Crippen LogP contribution < -0.4 is 4.74 Å². The molecule has 5 heteroatoms. The van der Waals surface area contributed by atoms with Crippen LogP contribution in [0.15, 0.2) is 41.8 Å². The van der Waals surface area contributed by atoms with Gasteiger partial charge in [0.05, 0.1) is 13.7 Å². The number of carbonyl (C=O) groups is 1. The van der Waals surface area contributed by atoms with Crippen LogP contribution in [0.4, 0.5) is 0 Å². The second-order valence-corrected chi connectivity index (χ2v) is 6.51. The number of likely N-dealkylation sites (N-methyl/N-ethyl adjacent to an activating group) is 2. The monoisotopic (exact) mass is 332 g/mol. The molecule has 0 bridgehead atoms. The number of amides is 1. The van der Waals surface area contributed by atoms with Crippen LogP contribution >= 0.6 is 11.3 Å². The number of benzene rings is 1. The molecule has 1 aromatic carbocycles. The number of hydrogen-bond acceptors (Lipinski definition) is 4. The van der Waals surface area contributed by atoms with Crippen LogP contribution in [-0.4, -0.2) is 43.0 Å². The summed E-state index contributed by atoms with van der Waals surface area (Å²) in [4.78, 5) is 17.7. The van der Waals surface area contributed by atoms with Crippen molar-refractivity contribution in [1.29, 1.82) is 0 Å². The van der Waals surface area contributed by atoms with E-state index in [-0.39, 0.29) is 5.91 Å². The topological polar surface area (TPSA) is 32.8 Å². The lowest BCUT2D eigenvalue weighted by Gasteiger charge is -2.23. The van der Waals surface area contributed by atoms with Gasteiger partial charge in [0, 0.05) is 25.0 Å². The van der Waals surface area contributed by atoms with Gasteiger partial charge in [0.15, 0.2) is 0 Å². The Hall–Kier alpha value is -1.85. The summed E-state index contributed by atoms with van der Waals surface area (Å²) in [5.41, 5.74) is 1.10. The Kier molecular flexibility index (Phi) is 6.62. The lowest BCUT2D eigenvalue weighted by molar-refractivity contribution is -0.131. The van der Waals surface area contributed by atoms with E-state index in [4.69, 9.17) is 4.74 Å². The first kappa shape index (κ1) is 17.5. The lowest BCUT2D eigenvalue weighted by atomic mass is 10.2. The van der Waals surface area contributed by atoms with Gasteiger partial charge in [-0.25, -0.2) is 0 Å². The van der Waals surface area contributed by atoms with Crippen molar-refractivity contribution in [3.8, 4) is 5.75 Å². The zero-order valence-electron chi connectivity index (χ0n) is 14.0. The summed E-state index contributed by atoms with van der Waals surface area (Å²) in [6, 6.07) is 12.0. The van der Waals surface area contributed by atoms with Crippen molar-refractivity contribution in [3.63, 3.8) is 0 Å². The fourth-order valence-corrected chi connectivity index (χ4v) is 3.05. The Morgan fingerprint density at radius 3 is 2.48 bits per heavy atom. The number of methoxy groups -OCH3 is 1. The van der Waals surface area contributed by atoms with Gasteiger partial charge in [-0.05, 0) is 35.7 Å². The Balaban J connectivity index is 1.87. The predicted octanol–water partition coefficient (Wildman–Crippen LogP) is 3.24. The number of hydrogen-bond donors (Lipinski definition) is 0. The first-order chi connectivity index (χ1) is 11.1. The first-order valence-electron chi connectivity index (χ1n) is 7.74. The molecule has 0 unspecified atom stereocenters. The summed E-state index contributed by atoms with van der Waals surface area (Å²) in [6.07, 6.45) is 0. The van der Waals surface area contributed by atoms with E-state index in [0.717, 1.165) is 24.4 Å². The highest BCUT2D eigenvalue weighted by molar-refractivity contribution is 7.09. The molecular formula is C18H24N2O2S. The van der Waals surface area contributed by atoms with Gasteiger partial charge < -0.3 is 9.64 Å². The number of ether oxygens (including phenoxy) is 1. The quantitative estimate of drug-likeness (QED) is 0.744. The molecule has 0 saturated carbocycles. The molecule has 23 heavy (non-hydrogen) atoms. The average Bonchev–Trinajstić information content (AvgIpc) is 3.07. The Labute approximate surface area is 142 Å². The van der Waals surface area contributed by atoms with Crippen molar-refractivity contribution in [1.82, 2.24) is 9.80 Å². The van der Waals surface area contributed by atoms with Crippen molar-refractivity contribution in [2.45, 2.75) is 20.0 Å². The van der Waals surface area contributed by atoms with E-state index < -0.39 is 0 Å². The van der Waals surface area contributed by atoms with Crippen molar-refractivity contribution in [2.24, 2.45) is 0 Å². The van der Waals surface area contributed by atoms with Gasteiger partial charge in [0.1, 0.15) is 5.75 Å². The highest BCUT2D eigenvalue weighted by Crippen LogP contribution is 2.14. The Morgan fingerprint density at radius 2 is 1.91 bits per heavy atom. The summed E-state index contributed by atoms with van der Waals surface area (Å²) >= 11 is 1.73. The number of nitrogens with zero attached hydrogens (tertiary/aromatic N) is 2. The van der Waals surface area contributed by atoms with Crippen LogP contribution in [0.5, 0.6) is 5.75 Å². The summed E-state index contributed by atoms with van der Waals surface area (Å²) < 4.78 is 5.15. The summed E-state index contributed by atoms with van der Waals surface area (Å²) in [7, 11) is 3.50. The SMILES string of the molecule is CCN(CC(=O)N(C)Cc1ccc(OC)cc1)Cc1cccs1. The van der Waals surface area contributed by atoms with Gasteiger partial charge in [-0.15, -0.1) is 11.3 Å². The molecule has 124 valence electrons. The highest BCUT2D eigenvalue weighted by atomic mass is 32.1. The van der Waals surface area contributed by atoms with Gasteiger partial charge >= 0.3 is 0 Å². The van der Waals surface area contributed by atoms with E-state index in [1.807, 2.05) is 37.4 Å². The maximum Gasteiger partial charge on any atom is 0.236 e. The minimum Gasteiger partial charge on any atom is -0.497 e. The van der Waals surface area contributed by atoms with E-state index >= 15 is 0 Å². The molecule has 0 radical (unpaired) electrons. The average molecular weight is 332 g/mol. The van der Waals surface area contributed by atoms with Crippen molar-refractivity contribution in [3.05, 3.63) is 52.2 Å². The van der Waals surface area contributed by atoms with Crippen LogP contribution in [0.2, 0.25) is 0 Å². The molecule has 1 heterocycles. The van der Waals surface area contributed by atoms with E-state index in [2.05, 4.69) is 23.3 Å². The van der Waals surface area contributed by atoms with Gasteiger partial charge in [0.2, 0.25) is 5.91 Å². The largest absolute Gasteiger partial charge is 0.497 e. The molecule has 0 atom stereocenters. The molecule has 2 rings (SSSR count). The third kappa shape index (κ3) is 5.37. The molecule has 0 aliphatic carbocycles. The maximum absolute atomic E-state index is 12.4.